The monoisotopic (exact) mass is 317 g/mol. The third kappa shape index (κ3) is 3.23. The summed E-state index contributed by atoms with van der Waals surface area (Å²) in [4.78, 5) is 25.0. The molecule has 0 N–H and O–H groups in total. The van der Waals surface area contributed by atoms with Crippen molar-refractivity contribution in [3.8, 4) is 0 Å². The number of halogens is 3. The van der Waals surface area contributed by atoms with Gasteiger partial charge in [0.25, 0.3) is 11.7 Å². The Hall–Kier alpha value is -1.50. The number of benzene rings is 1. The van der Waals surface area contributed by atoms with Gasteiger partial charge in [-0.3, -0.25) is 9.59 Å². The summed E-state index contributed by atoms with van der Waals surface area (Å²) in [7, 11) is 0. The van der Waals surface area contributed by atoms with E-state index >= 15 is 0 Å². The SMILES string of the molecule is CCSCCCN1C(=O)C(=O)c2cc(C(F)(F)F)ccc21. The summed E-state index contributed by atoms with van der Waals surface area (Å²) >= 11 is 1.71. The zero-order chi connectivity index (χ0) is 15.6. The van der Waals surface area contributed by atoms with Gasteiger partial charge < -0.3 is 4.90 Å². The Labute approximate surface area is 124 Å². The van der Waals surface area contributed by atoms with Gasteiger partial charge in [0.05, 0.1) is 16.8 Å². The van der Waals surface area contributed by atoms with Crippen LogP contribution in [0.5, 0.6) is 0 Å². The molecule has 1 aliphatic heterocycles. The number of hydrogen-bond donors (Lipinski definition) is 0. The number of fused-ring (bicyclic) bond motifs is 1. The molecular formula is C14H14F3NO2S. The predicted octanol–water partition coefficient (Wildman–Crippen LogP) is 3.38. The molecule has 0 aromatic heterocycles. The van der Waals surface area contributed by atoms with E-state index in [1.165, 1.54) is 11.0 Å². The number of carbonyl (C=O) groups is 2. The molecule has 114 valence electrons. The molecule has 0 spiro atoms. The zero-order valence-corrected chi connectivity index (χ0v) is 12.2. The van der Waals surface area contributed by atoms with Crippen LogP contribution in [0.15, 0.2) is 18.2 Å². The minimum Gasteiger partial charge on any atom is -0.305 e. The average molecular weight is 317 g/mol. The van der Waals surface area contributed by atoms with E-state index in [-0.39, 0.29) is 11.3 Å². The second-order valence-corrected chi connectivity index (χ2v) is 5.96. The lowest BCUT2D eigenvalue weighted by atomic mass is 10.1. The smallest absolute Gasteiger partial charge is 0.305 e. The molecular weight excluding hydrogens is 303 g/mol. The standard InChI is InChI=1S/C14H14F3NO2S/c1-2-21-7-3-6-18-11-5-4-9(14(15,16)17)8-10(11)12(19)13(18)20/h4-5,8H,2-3,6-7H2,1H3. The summed E-state index contributed by atoms with van der Waals surface area (Å²) < 4.78 is 38.0. The predicted molar refractivity (Wildman–Crippen MR) is 75.7 cm³/mol. The van der Waals surface area contributed by atoms with Gasteiger partial charge >= 0.3 is 6.18 Å². The molecule has 0 aliphatic carbocycles. The molecule has 0 bridgehead atoms. The van der Waals surface area contributed by atoms with Crippen molar-refractivity contribution >= 4 is 29.1 Å². The molecule has 1 amide bonds. The Morgan fingerprint density at radius 1 is 1.24 bits per heavy atom. The van der Waals surface area contributed by atoms with Gasteiger partial charge in [-0.25, -0.2) is 0 Å². The van der Waals surface area contributed by atoms with E-state index in [4.69, 9.17) is 0 Å². The van der Waals surface area contributed by atoms with Crippen LogP contribution in [0.3, 0.4) is 0 Å². The van der Waals surface area contributed by atoms with Gasteiger partial charge in [0, 0.05) is 6.54 Å². The van der Waals surface area contributed by atoms with Crippen LogP contribution in [0.2, 0.25) is 0 Å². The molecule has 7 heteroatoms. The van der Waals surface area contributed by atoms with Crippen LogP contribution in [0.4, 0.5) is 18.9 Å². The maximum Gasteiger partial charge on any atom is 0.416 e. The van der Waals surface area contributed by atoms with Crippen molar-refractivity contribution in [3.63, 3.8) is 0 Å². The summed E-state index contributed by atoms with van der Waals surface area (Å²) in [5.41, 5.74) is -0.789. The molecule has 0 fully saturated rings. The Kier molecular flexibility index (Phi) is 4.61. The zero-order valence-electron chi connectivity index (χ0n) is 11.4. The summed E-state index contributed by atoms with van der Waals surface area (Å²) in [6.07, 6.45) is -3.83. The summed E-state index contributed by atoms with van der Waals surface area (Å²) in [6.45, 7) is 2.36. The molecule has 0 atom stereocenters. The molecule has 1 aliphatic rings. The van der Waals surface area contributed by atoms with Gasteiger partial charge in [0.1, 0.15) is 0 Å². The topological polar surface area (TPSA) is 37.4 Å². The van der Waals surface area contributed by atoms with Crippen molar-refractivity contribution in [2.45, 2.75) is 19.5 Å². The van der Waals surface area contributed by atoms with Crippen molar-refractivity contribution in [2.75, 3.05) is 23.0 Å². The summed E-state index contributed by atoms with van der Waals surface area (Å²) in [5, 5.41) is 0. The van der Waals surface area contributed by atoms with E-state index in [9.17, 15) is 22.8 Å². The maximum absolute atomic E-state index is 12.7. The minimum absolute atomic E-state index is 0.155. The lowest BCUT2D eigenvalue weighted by Crippen LogP contribution is -2.30. The number of carbonyl (C=O) groups excluding carboxylic acids is 2. The van der Waals surface area contributed by atoms with E-state index in [1.54, 1.807) is 11.8 Å². The molecule has 0 saturated heterocycles. The van der Waals surface area contributed by atoms with Crippen LogP contribution in [0, 0.1) is 0 Å². The first kappa shape index (κ1) is 15.9. The highest BCUT2D eigenvalue weighted by Crippen LogP contribution is 2.36. The molecule has 1 aromatic rings. The third-order valence-electron chi connectivity index (χ3n) is 3.17. The number of hydrogen-bond acceptors (Lipinski definition) is 3. The number of Topliss-reactive ketones (excluding diaryl/α,β-unsaturated/α-hetero) is 1. The summed E-state index contributed by atoms with van der Waals surface area (Å²) in [5.74, 6) is 0.188. The van der Waals surface area contributed by atoms with Crippen molar-refractivity contribution in [1.29, 1.82) is 0 Å². The van der Waals surface area contributed by atoms with Crippen LogP contribution in [0.1, 0.15) is 29.3 Å². The fourth-order valence-corrected chi connectivity index (χ4v) is 2.79. The molecule has 0 unspecified atom stereocenters. The van der Waals surface area contributed by atoms with Crippen LogP contribution >= 0.6 is 11.8 Å². The van der Waals surface area contributed by atoms with Crippen LogP contribution in [-0.2, 0) is 11.0 Å². The second kappa shape index (κ2) is 6.09. The van der Waals surface area contributed by atoms with Crippen molar-refractivity contribution < 1.29 is 22.8 Å². The van der Waals surface area contributed by atoms with Gasteiger partial charge in [-0.15, -0.1) is 0 Å². The van der Waals surface area contributed by atoms with Gasteiger partial charge in [-0.2, -0.15) is 24.9 Å². The molecule has 0 saturated carbocycles. The normalized spacial score (nSPS) is 14.8. The number of ketones is 1. The maximum atomic E-state index is 12.7. The highest BCUT2D eigenvalue weighted by Gasteiger charge is 2.38. The molecule has 1 heterocycles. The van der Waals surface area contributed by atoms with E-state index < -0.39 is 23.4 Å². The Morgan fingerprint density at radius 2 is 1.95 bits per heavy atom. The van der Waals surface area contributed by atoms with Gasteiger partial charge in [-0.05, 0) is 36.1 Å². The fraction of sp³-hybridized carbons (Fsp3) is 0.429. The second-order valence-electron chi connectivity index (χ2n) is 4.57. The molecule has 1 aromatic carbocycles. The number of amides is 1. The number of nitrogens with zero attached hydrogens (tertiary/aromatic N) is 1. The first-order chi connectivity index (χ1) is 9.86. The van der Waals surface area contributed by atoms with E-state index in [0.717, 1.165) is 23.6 Å². The number of rotatable bonds is 5. The van der Waals surface area contributed by atoms with Gasteiger partial charge in [0.2, 0.25) is 0 Å². The van der Waals surface area contributed by atoms with Crippen LogP contribution < -0.4 is 4.90 Å². The van der Waals surface area contributed by atoms with Crippen LogP contribution in [-0.4, -0.2) is 29.7 Å². The quantitative estimate of drug-likeness (QED) is 0.617. The van der Waals surface area contributed by atoms with Gasteiger partial charge in [-0.1, -0.05) is 6.92 Å². The molecule has 21 heavy (non-hydrogen) atoms. The van der Waals surface area contributed by atoms with Crippen LogP contribution in [0.25, 0.3) is 0 Å². The van der Waals surface area contributed by atoms with Crippen molar-refractivity contribution in [1.82, 2.24) is 0 Å². The molecule has 3 nitrogen and oxygen atoms in total. The first-order valence-electron chi connectivity index (χ1n) is 6.51. The largest absolute Gasteiger partial charge is 0.416 e. The van der Waals surface area contributed by atoms with E-state index in [0.29, 0.717) is 13.0 Å². The average Bonchev–Trinajstić information content (AvgIpc) is 2.67. The Morgan fingerprint density at radius 3 is 2.57 bits per heavy atom. The minimum atomic E-state index is -4.52. The summed E-state index contributed by atoms with van der Waals surface area (Å²) in [6, 6.07) is 2.86. The number of alkyl halides is 3. The Balaban J connectivity index is 2.22. The third-order valence-corrected chi connectivity index (χ3v) is 4.16. The van der Waals surface area contributed by atoms with Gasteiger partial charge in [0.15, 0.2) is 0 Å². The van der Waals surface area contributed by atoms with E-state index in [2.05, 4.69) is 0 Å². The lowest BCUT2D eigenvalue weighted by Gasteiger charge is -2.16. The first-order valence-corrected chi connectivity index (χ1v) is 7.67. The molecule has 2 rings (SSSR count). The van der Waals surface area contributed by atoms with E-state index in [1.807, 2.05) is 6.92 Å². The molecule has 0 radical (unpaired) electrons. The highest BCUT2D eigenvalue weighted by atomic mass is 32.2. The number of thioether (sulfide) groups is 1. The Bertz CT molecular complexity index is 572. The van der Waals surface area contributed by atoms with Crippen molar-refractivity contribution in [3.05, 3.63) is 29.3 Å². The number of anilines is 1. The highest BCUT2D eigenvalue weighted by molar-refractivity contribution is 7.99. The fourth-order valence-electron chi connectivity index (χ4n) is 2.17. The lowest BCUT2D eigenvalue weighted by molar-refractivity contribution is -0.137. The van der Waals surface area contributed by atoms with Crippen molar-refractivity contribution in [2.24, 2.45) is 0 Å².